The zero-order chi connectivity index (χ0) is 16.9. The van der Waals surface area contributed by atoms with Gasteiger partial charge in [0.15, 0.2) is 0 Å². The van der Waals surface area contributed by atoms with E-state index in [0.29, 0.717) is 6.54 Å². The topological polar surface area (TPSA) is 68.7 Å². The molecule has 2 N–H and O–H groups in total. The third-order valence-corrected chi connectivity index (χ3v) is 4.13. The average Bonchev–Trinajstić information content (AvgIpc) is 3.00. The first kappa shape index (κ1) is 16.0. The van der Waals surface area contributed by atoms with Crippen LogP contribution in [0.1, 0.15) is 11.1 Å². The molecule has 0 saturated heterocycles. The van der Waals surface area contributed by atoms with E-state index in [4.69, 9.17) is 0 Å². The third kappa shape index (κ3) is 3.55. The number of halogens is 1. The second-order valence-electron chi connectivity index (χ2n) is 5.27. The van der Waals surface area contributed by atoms with Crippen molar-refractivity contribution in [3.8, 4) is 6.07 Å². The Morgan fingerprint density at radius 3 is 2.79 bits per heavy atom. The van der Waals surface area contributed by atoms with E-state index in [1.165, 1.54) is 0 Å². The van der Waals surface area contributed by atoms with E-state index in [1.807, 2.05) is 54.6 Å². The van der Waals surface area contributed by atoms with Gasteiger partial charge in [0.1, 0.15) is 11.6 Å². The van der Waals surface area contributed by atoms with Gasteiger partial charge in [-0.2, -0.15) is 5.26 Å². The van der Waals surface area contributed by atoms with Gasteiger partial charge in [-0.1, -0.05) is 46.3 Å². The van der Waals surface area contributed by atoms with Crippen LogP contribution < -0.4 is 5.32 Å². The number of aromatic nitrogens is 1. The molecule has 0 saturated carbocycles. The number of hydrogen-bond acceptors (Lipinski definition) is 2. The van der Waals surface area contributed by atoms with Crippen LogP contribution in [-0.2, 0) is 11.3 Å². The first-order valence-electron chi connectivity index (χ1n) is 7.38. The minimum absolute atomic E-state index is 0.0757. The highest BCUT2D eigenvalue weighted by molar-refractivity contribution is 9.10. The summed E-state index contributed by atoms with van der Waals surface area (Å²) in [6, 6.07) is 17.4. The van der Waals surface area contributed by atoms with Gasteiger partial charge in [0.25, 0.3) is 5.91 Å². The van der Waals surface area contributed by atoms with Gasteiger partial charge in [0.2, 0.25) is 0 Å². The predicted molar refractivity (Wildman–Crippen MR) is 97.9 cm³/mol. The molecule has 1 aromatic heterocycles. The second-order valence-corrected chi connectivity index (χ2v) is 6.19. The summed E-state index contributed by atoms with van der Waals surface area (Å²) in [5.74, 6) is -0.384. The molecule has 0 fully saturated rings. The van der Waals surface area contributed by atoms with E-state index in [1.54, 1.807) is 12.3 Å². The summed E-state index contributed by atoms with van der Waals surface area (Å²) in [5.41, 5.74) is 2.81. The highest BCUT2D eigenvalue weighted by Gasteiger charge is 2.10. The van der Waals surface area contributed by atoms with Gasteiger partial charge in [-0.3, -0.25) is 4.79 Å². The van der Waals surface area contributed by atoms with Crippen LogP contribution in [0.4, 0.5) is 0 Å². The van der Waals surface area contributed by atoms with E-state index >= 15 is 0 Å². The maximum Gasteiger partial charge on any atom is 0.262 e. The number of amides is 1. The number of hydrogen-bond donors (Lipinski definition) is 2. The normalized spacial score (nSPS) is 11.2. The van der Waals surface area contributed by atoms with Crippen LogP contribution in [0.15, 0.2) is 64.8 Å². The van der Waals surface area contributed by atoms with Crippen molar-refractivity contribution in [1.82, 2.24) is 10.3 Å². The van der Waals surface area contributed by atoms with E-state index in [-0.39, 0.29) is 11.5 Å². The number of fused-ring (bicyclic) bond motifs is 1. The molecular formula is C19H14BrN3O. The van der Waals surface area contributed by atoms with Crippen LogP contribution in [0, 0.1) is 11.3 Å². The Labute approximate surface area is 147 Å². The number of carbonyl (C=O) groups is 1. The fourth-order valence-electron chi connectivity index (χ4n) is 2.41. The molecule has 0 unspecified atom stereocenters. The molecule has 24 heavy (non-hydrogen) atoms. The molecule has 1 amide bonds. The van der Waals surface area contributed by atoms with Crippen LogP contribution in [-0.4, -0.2) is 10.9 Å². The highest BCUT2D eigenvalue weighted by Crippen LogP contribution is 2.24. The van der Waals surface area contributed by atoms with Crippen molar-refractivity contribution in [2.75, 3.05) is 0 Å². The van der Waals surface area contributed by atoms with Gasteiger partial charge < -0.3 is 10.3 Å². The number of nitriles is 1. The minimum atomic E-state index is -0.384. The number of nitrogens with zero attached hydrogens (tertiary/aromatic N) is 1. The average molecular weight is 380 g/mol. The summed E-state index contributed by atoms with van der Waals surface area (Å²) in [7, 11) is 0. The van der Waals surface area contributed by atoms with Gasteiger partial charge >= 0.3 is 0 Å². The van der Waals surface area contributed by atoms with Crippen molar-refractivity contribution >= 4 is 38.8 Å². The lowest BCUT2D eigenvalue weighted by atomic mass is 10.1. The molecule has 2 aromatic carbocycles. The maximum atomic E-state index is 12.3. The molecular weight excluding hydrogens is 366 g/mol. The summed E-state index contributed by atoms with van der Waals surface area (Å²) in [5, 5.41) is 13.0. The molecule has 0 aliphatic carbocycles. The predicted octanol–water partition coefficient (Wildman–Crippen LogP) is 4.15. The SMILES string of the molecule is N#CC(=Cc1c[nH]c2ccc(Br)cc12)C(=O)NCc1ccccc1. The lowest BCUT2D eigenvalue weighted by Gasteiger charge is -2.04. The largest absolute Gasteiger partial charge is 0.361 e. The van der Waals surface area contributed by atoms with Gasteiger partial charge in [-0.15, -0.1) is 0 Å². The molecule has 0 aliphatic rings. The number of benzene rings is 2. The summed E-state index contributed by atoms with van der Waals surface area (Å²) < 4.78 is 0.941. The van der Waals surface area contributed by atoms with E-state index < -0.39 is 0 Å². The van der Waals surface area contributed by atoms with Crippen molar-refractivity contribution in [1.29, 1.82) is 5.26 Å². The molecule has 3 rings (SSSR count). The summed E-state index contributed by atoms with van der Waals surface area (Å²) >= 11 is 3.44. The summed E-state index contributed by atoms with van der Waals surface area (Å²) in [6.45, 7) is 0.387. The molecule has 0 bridgehead atoms. The van der Waals surface area contributed by atoms with Crippen LogP contribution in [0.5, 0.6) is 0 Å². The lowest BCUT2D eigenvalue weighted by Crippen LogP contribution is -2.23. The van der Waals surface area contributed by atoms with Crippen LogP contribution in [0.2, 0.25) is 0 Å². The van der Waals surface area contributed by atoms with Gasteiger partial charge in [0, 0.05) is 33.7 Å². The van der Waals surface area contributed by atoms with Crippen LogP contribution >= 0.6 is 15.9 Å². The summed E-state index contributed by atoms with van der Waals surface area (Å²) in [4.78, 5) is 15.4. The molecule has 0 spiro atoms. The zero-order valence-corrected chi connectivity index (χ0v) is 14.3. The maximum absolute atomic E-state index is 12.3. The zero-order valence-electron chi connectivity index (χ0n) is 12.7. The highest BCUT2D eigenvalue weighted by atomic mass is 79.9. The second kappa shape index (κ2) is 7.16. The minimum Gasteiger partial charge on any atom is -0.361 e. The molecule has 3 aromatic rings. The van der Waals surface area contributed by atoms with Crippen molar-refractivity contribution in [3.63, 3.8) is 0 Å². The number of nitrogens with one attached hydrogen (secondary N) is 2. The van der Waals surface area contributed by atoms with Crippen molar-refractivity contribution in [2.24, 2.45) is 0 Å². The quantitative estimate of drug-likeness (QED) is 0.527. The Morgan fingerprint density at radius 1 is 1.25 bits per heavy atom. The number of rotatable bonds is 4. The number of carbonyl (C=O) groups excluding carboxylic acids is 1. The van der Waals surface area contributed by atoms with Crippen molar-refractivity contribution in [2.45, 2.75) is 6.54 Å². The van der Waals surface area contributed by atoms with Crippen molar-refractivity contribution < 1.29 is 4.79 Å². The third-order valence-electron chi connectivity index (χ3n) is 3.64. The molecule has 0 aliphatic heterocycles. The number of H-pyrrole nitrogens is 1. The summed E-state index contributed by atoms with van der Waals surface area (Å²) in [6.07, 6.45) is 3.39. The molecule has 1 heterocycles. The van der Waals surface area contributed by atoms with Crippen LogP contribution in [0.25, 0.3) is 17.0 Å². The monoisotopic (exact) mass is 379 g/mol. The Balaban J connectivity index is 1.82. The van der Waals surface area contributed by atoms with Crippen molar-refractivity contribution in [3.05, 3.63) is 75.9 Å². The Kier molecular flexibility index (Phi) is 4.78. The Morgan fingerprint density at radius 2 is 2.04 bits per heavy atom. The molecule has 5 heteroatoms. The first-order valence-corrected chi connectivity index (χ1v) is 8.17. The van der Waals surface area contributed by atoms with Gasteiger partial charge in [-0.25, -0.2) is 0 Å². The lowest BCUT2D eigenvalue weighted by molar-refractivity contribution is -0.117. The standard InChI is InChI=1S/C19H14BrN3O/c20-16-6-7-18-17(9-16)15(12-22-18)8-14(10-21)19(24)23-11-13-4-2-1-3-5-13/h1-9,12,22H,11H2,(H,23,24). The first-order chi connectivity index (χ1) is 11.7. The van der Waals surface area contributed by atoms with E-state index in [9.17, 15) is 10.1 Å². The fourth-order valence-corrected chi connectivity index (χ4v) is 2.77. The van der Waals surface area contributed by atoms with E-state index in [0.717, 1.165) is 26.5 Å². The molecule has 4 nitrogen and oxygen atoms in total. The van der Waals surface area contributed by atoms with Crippen LogP contribution in [0.3, 0.4) is 0 Å². The molecule has 118 valence electrons. The Bertz CT molecular complexity index is 952. The smallest absolute Gasteiger partial charge is 0.262 e. The fraction of sp³-hybridized carbons (Fsp3) is 0.0526. The molecule has 0 atom stereocenters. The Hall–Kier alpha value is -2.84. The molecule has 0 radical (unpaired) electrons. The number of aromatic amines is 1. The van der Waals surface area contributed by atoms with Gasteiger partial charge in [-0.05, 0) is 29.8 Å². The van der Waals surface area contributed by atoms with E-state index in [2.05, 4.69) is 26.2 Å². The van der Waals surface area contributed by atoms with Gasteiger partial charge in [0.05, 0.1) is 0 Å².